The number of fused-ring (bicyclic) bond motifs is 1. The Hall–Kier alpha value is -1.75. The molecule has 3 nitrogen and oxygen atoms in total. The lowest BCUT2D eigenvalue weighted by atomic mass is 10.2. The minimum absolute atomic E-state index is 0.310. The molecule has 0 spiro atoms. The first-order valence-electron chi connectivity index (χ1n) is 5.42. The third-order valence-corrected chi connectivity index (χ3v) is 3.14. The molecule has 0 amide bonds. The van der Waals surface area contributed by atoms with Gasteiger partial charge in [0.05, 0.1) is 0 Å². The molecule has 0 saturated carbocycles. The lowest BCUT2D eigenvalue weighted by Gasteiger charge is -1.96. The Labute approximate surface area is 111 Å². The zero-order valence-corrected chi connectivity index (χ0v) is 11.1. The smallest absolute Gasteiger partial charge is 0.182 e. The molecule has 0 radical (unpaired) electrons. The monoisotopic (exact) mass is 305 g/mol. The van der Waals surface area contributed by atoms with Gasteiger partial charge in [0, 0.05) is 16.2 Å². The topological polar surface area (TPSA) is 30.2 Å². The Balaban J connectivity index is 2.22. The molecule has 0 bridgehead atoms. The van der Waals surface area contributed by atoms with Crippen LogP contribution < -0.4 is 0 Å². The van der Waals surface area contributed by atoms with E-state index >= 15 is 0 Å². The maximum Gasteiger partial charge on any atom is 0.182 e. The summed E-state index contributed by atoms with van der Waals surface area (Å²) in [5.41, 5.74) is 2.48. The highest BCUT2D eigenvalue weighted by molar-refractivity contribution is 9.10. The summed E-state index contributed by atoms with van der Waals surface area (Å²) in [5, 5.41) is 4.34. The van der Waals surface area contributed by atoms with Gasteiger partial charge >= 0.3 is 0 Å². The summed E-state index contributed by atoms with van der Waals surface area (Å²) in [5.74, 6) is 0.208. The second-order valence-electron chi connectivity index (χ2n) is 4.05. The van der Waals surface area contributed by atoms with E-state index in [1.807, 2.05) is 25.3 Å². The number of benzene rings is 1. The summed E-state index contributed by atoms with van der Waals surface area (Å²) in [6.07, 6.45) is 1.83. The highest BCUT2D eigenvalue weighted by atomic mass is 79.9. The van der Waals surface area contributed by atoms with E-state index in [9.17, 15) is 4.39 Å². The van der Waals surface area contributed by atoms with Gasteiger partial charge in [-0.3, -0.25) is 0 Å². The van der Waals surface area contributed by atoms with Crippen LogP contribution in [0.2, 0.25) is 0 Å². The molecule has 0 atom stereocenters. The van der Waals surface area contributed by atoms with E-state index in [1.54, 1.807) is 10.6 Å². The van der Waals surface area contributed by atoms with Gasteiger partial charge in [0.2, 0.25) is 0 Å². The van der Waals surface area contributed by atoms with Crippen LogP contribution in [-0.4, -0.2) is 14.6 Å². The number of rotatable bonds is 1. The lowest BCUT2D eigenvalue weighted by molar-refractivity contribution is 0.627. The quantitative estimate of drug-likeness (QED) is 0.687. The van der Waals surface area contributed by atoms with Crippen molar-refractivity contribution in [2.45, 2.75) is 6.92 Å². The average molecular weight is 306 g/mol. The molecule has 3 aromatic rings. The molecule has 18 heavy (non-hydrogen) atoms. The van der Waals surface area contributed by atoms with Crippen LogP contribution in [0.5, 0.6) is 0 Å². The Bertz CT molecular complexity index is 716. The number of halogens is 2. The highest BCUT2D eigenvalue weighted by Crippen LogP contribution is 2.23. The molecule has 0 aliphatic heterocycles. The molecular formula is C13H9BrFN3. The van der Waals surface area contributed by atoms with Gasteiger partial charge in [-0.1, -0.05) is 22.0 Å². The van der Waals surface area contributed by atoms with E-state index in [0.717, 1.165) is 11.2 Å². The summed E-state index contributed by atoms with van der Waals surface area (Å²) in [6, 6.07) is 8.50. The van der Waals surface area contributed by atoms with E-state index in [-0.39, 0.29) is 5.82 Å². The second-order valence-corrected chi connectivity index (χ2v) is 4.97. The largest absolute Gasteiger partial charge is 0.220 e. The minimum atomic E-state index is -0.310. The molecule has 90 valence electrons. The molecule has 1 aromatic carbocycles. The van der Waals surface area contributed by atoms with Gasteiger partial charge in [0.25, 0.3) is 0 Å². The normalized spacial score (nSPS) is 11.1. The Morgan fingerprint density at radius 2 is 2.11 bits per heavy atom. The third kappa shape index (κ3) is 1.90. The third-order valence-electron chi connectivity index (χ3n) is 2.68. The summed E-state index contributed by atoms with van der Waals surface area (Å²) < 4.78 is 15.7. The van der Waals surface area contributed by atoms with Crippen molar-refractivity contribution in [1.29, 1.82) is 0 Å². The molecule has 3 rings (SSSR count). The van der Waals surface area contributed by atoms with Gasteiger partial charge in [0.15, 0.2) is 11.5 Å². The summed E-state index contributed by atoms with van der Waals surface area (Å²) in [7, 11) is 0. The molecule has 0 aliphatic carbocycles. The fraction of sp³-hybridized carbons (Fsp3) is 0.0769. The number of aryl methyl sites for hydroxylation is 1. The number of hydrogen-bond acceptors (Lipinski definition) is 2. The number of aromatic nitrogens is 3. The van der Waals surface area contributed by atoms with Gasteiger partial charge in [-0.15, -0.1) is 5.10 Å². The van der Waals surface area contributed by atoms with Crippen molar-refractivity contribution in [3.63, 3.8) is 0 Å². The van der Waals surface area contributed by atoms with Gasteiger partial charge < -0.3 is 0 Å². The van der Waals surface area contributed by atoms with Crippen molar-refractivity contribution in [2.24, 2.45) is 0 Å². The predicted octanol–water partition coefficient (Wildman–Crippen LogP) is 3.61. The first-order valence-corrected chi connectivity index (χ1v) is 6.21. The standard InChI is InChI=1S/C13H9BrFN3/c1-8-3-2-4-18-13(8)16-12(17-18)9-5-10(14)7-11(15)6-9/h2-7H,1H3. The van der Waals surface area contributed by atoms with Crippen molar-refractivity contribution >= 4 is 21.6 Å². The molecule has 2 aromatic heterocycles. The van der Waals surface area contributed by atoms with E-state index < -0.39 is 0 Å². The van der Waals surface area contributed by atoms with Crippen molar-refractivity contribution in [3.05, 3.63) is 52.4 Å². The fourth-order valence-electron chi connectivity index (χ4n) is 1.84. The highest BCUT2D eigenvalue weighted by Gasteiger charge is 2.09. The fourth-order valence-corrected chi connectivity index (χ4v) is 2.31. The number of hydrogen-bond donors (Lipinski definition) is 0. The van der Waals surface area contributed by atoms with Gasteiger partial charge in [0.1, 0.15) is 5.82 Å². The van der Waals surface area contributed by atoms with Crippen molar-refractivity contribution in [2.75, 3.05) is 0 Å². The summed E-state index contributed by atoms with van der Waals surface area (Å²) in [4.78, 5) is 4.43. The Morgan fingerprint density at radius 3 is 2.83 bits per heavy atom. The van der Waals surface area contributed by atoms with Crippen molar-refractivity contribution in [3.8, 4) is 11.4 Å². The first kappa shape index (κ1) is 11.3. The van der Waals surface area contributed by atoms with Crippen LogP contribution in [0.4, 0.5) is 4.39 Å². The average Bonchev–Trinajstić information content (AvgIpc) is 2.73. The van der Waals surface area contributed by atoms with E-state index in [0.29, 0.717) is 15.9 Å². The second kappa shape index (κ2) is 4.17. The van der Waals surface area contributed by atoms with Crippen LogP contribution in [0.3, 0.4) is 0 Å². The zero-order valence-electron chi connectivity index (χ0n) is 9.56. The SMILES string of the molecule is Cc1cccn2nc(-c3cc(F)cc(Br)c3)nc12. The molecule has 2 heterocycles. The van der Waals surface area contributed by atoms with Crippen molar-refractivity contribution < 1.29 is 4.39 Å². The zero-order chi connectivity index (χ0) is 12.7. The summed E-state index contributed by atoms with van der Waals surface area (Å²) in [6.45, 7) is 1.97. The first-order chi connectivity index (χ1) is 8.63. The Morgan fingerprint density at radius 1 is 1.28 bits per heavy atom. The molecule has 0 aliphatic rings. The molecule has 0 saturated heterocycles. The predicted molar refractivity (Wildman–Crippen MR) is 70.8 cm³/mol. The van der Waals surface area contributed by atoms with Crippen LogP contribution in [-0.2, 0) is 0 Å². The molecule has 5 heteroatoms. The lowest BCUT2D eigenvalue weighted by Crippen LogP contribution is -1.88. The van der Waals surface area contributed by atoms with E-state index in [2.05, 4.69) is 26.0 Å². The number of pyridine rings is 1. The minimum Gasteiger partial charge on any atom is -0.220 e. The number of nitrogens with zero attached hydrogens (tertiary/aromatic N) is 3. The van der Waals surface area contributed by atoms with Crippen molar-refractivity contribution in [1.82, 2.24) is 14.6 Å². The van der Waals surface area contributed by atoms with E-state index in [1.165, 1.54) is 12.1 Å². The van der Waals surface area contributed by atoms with Crippen LogP contribution >= 0.6 is 15.9 Å². The van der Waals surface area contributed by atoms with Crippen LogP contribution in [0, 0.1) is 12.7 Å². The molecule has 0 fully saturated rings. The maximum absolute atomic E-state index is 13.4. The van der Waals surface area contributed by atoms with Crippen LogP contribution in [0.1, 0.15) is 5.56 Å². The van der Waals surface area contributed by atoms with E-state index in [4.69, 9.17) is 0 Å². The molecule has 0 unspecified atom stereocenters. The molecular weight excluding hydrogens is 297 g/mol. The van der Waals surface area contributed by atoms with Gasteiger partial charge in [-0.05, 0) is 36.8 Å². The summed E-state index contributed by atoms with van der Waals surface area (Å²) >= 11 is 3.27. The van der Waals surface area contributed by atoms with Gasteiger partial charge in [-0.2, -0.15) is 0 Å². The Kier molecular flexibility index (Phi) is 2.63. The molecule has 0 N–H and O–H groups in total. The van der Waals surface area contributed by atoms with Crippen LogP contribution in [0.15, 0.2) is 41.0 Å². The van der Waals surface area contributed by atoms with Crippen LogP contribution in [0.25, 0.3) is 17.0 Å². The maximum atomic E-state index is 13.4. The van der Waals surface area contributed by atoms with Gasteiger partial charge in [-0.25, -0.2) is 13.9 Å².